The predicted molar refractivity (Wildman–Crippen MR) is 76.5 cm³/mol. The van der Waals surface area contributed by atoms with Crippen LogP contribution < -0.4 is 5.73 Å². The molecule has 0 saturated heterocycles. The van der Waals surface area contributed by atoms with E-state index >= 15 is 0 Å². The van der Waals surface area contributed by atoms with Gasteiger partial charge in [0, 0.05) is 17.0 Å². The Morgan fingerprint density at radius 2 is 1.89 bits per heavy atom. The summed E-state index contributed by atoms with van der Waals surface area (Å²) >= 11 is 0. The van der Waals surface area contributed by atoms with Gasteiger partial charge in [0.15, 0.2) is 0 Å². The van der Waals surface area contributed by atoms with Crippen molar-refractivity contribution in [2.24, 2.45) is 5.73 Å². The number of rotatable bonds is 7. The van der Waals surface area contributed by atoms with Gasteiger partial charge in [-0.1, -0.05) is 57.2 Å². The fraction of sp³-hybridized carbons (Fsp3) is 0.500. The van der Waals surface area contributed by atoms with Gasteiger partial charge in [-0.25, -0.2) is 0 Å². The molecular formula is C16H23NO. The zero-order valence-electron chi connectivity index (χ0n) is 11.2. The SMILES string of the molecule is CCCCCCCC(N)c1coc2ccccc12. The lowest BCUT2D eigenvalue weighted by Gasteiger charge is -2.09. The Hall–Kier alpha value is -1.28. The van der Waals surface area contributed by atoms with E-state index in [2.05, 4.69) is 13.0 Å². The van der Waals surface area contributed by atoms with Gasteiger partial charge < -0.3 is 10.2 Å². The van der Waals surface area contributed by atoms with Crippen molar-refractivity contribution in [3.8, 4) is 0 Å². The highest BCUT2D eigenvalue weighted by Crippen LogP contribution is 2.27. The lowest BCUT2D eigenvalue weighted by Crippen LogP contribution is -2.09. The first kappa shape index (κ1) is 13.2. The molecule has 18 heavy (non-hydrogen) atoms. The molecular weight excluding hydrogens is 222 g/mol. The third-order valence-electron chi connectivity index (χ3n) is 3.53. The van der Waals surface area contributed by atoms with Crippen LogP contribution >= 0.6 is 0 Å². The fourth-order valence-corrected chi connectivity index (χ4v) is 2.41. The average molecular weight is 245 g/mol. The van der Waals surface area contributed by atoms with Crippen LogP contribution in [0.2, 0.25) is 0 Å². The Labute approximate surface area is 109 Å². The molecule has 2 nitrogen and oxygen atoms in total. The van der Waals surface area contributed by atoms with Crippen LogP contribution in [0, 0.1) is 0 Å². The van der Waals surface area contributed by atoms with E-state index < -0.39 is 0 Å². The number of fused-ring (bicyclic) bond motifs is 1. The van der Waals surface area contributed by atoms with E-state index in [0.717, 1.165) is 17.6 Å². The predicted octanol–water partition coefficient (Wildman–Crippen LogP) is 4.79. The summed E-state index contributed by atoms with van der Waals surface area (Å²) in [4.78, 5) is 0. The molecule has 2 N–H and O–H groups in total. The maximum atomic E-state index is 6.26. The molecule has 0 spiro atoms. The van der Waals surface area contributed by atoms with E-state index in [9.17, 15) is 0 Å². The lowest BCUT2D eigenvalue weighted by atomic mass is 10.00. The molecule has 0 aliphatic carbocycles. The summed E-state index contributed by atoms with van der Waals surface area (Å²) in [6.07, 6.45) is 9.32. The van der Waals surface area contributed by atoms with Crippen LogP contribution in [-0.4, -0.2) is 0 Å². The highest BCUT2D eigenvalue weighted by atomic mass is 16.3. The molecule has 1 aromatic heterocycles. The first-order valence-corrected chi connectivity index (χ1v) is 7.04. The van der Waals surface area contributed by atoms with E-state index in [1.165, 1.54) is 37.5 Å². The van der Waals surface area contributed by atoms with Crippen LogP contribution in [0.25, 0.3) is 11.0 Å². The number of hydrogen-bond acceptors (Lipinski definition) is 2. The Balaban J connectivity index is 1.90. The highest BCUT2D eigenvalue weighted by Gasteiger charge is 2.12. The zero-order chi connectivity index (χ0) is 12.8. The van der Waals surface area contributed by atoms with Gasteiger partial charge in [-0.3, -0.25) is 0 Å². The fourth-order valence-electron chi connectivity index (χ4n) is 2.41. The van der Waals surface area contributed by atoms with Crippen molar-refractivity contribution in [3.05, 3.63) is 36.1 Å². The largest absolute Gasteiger partial charge is 0.464 e. The molecule has 0 amide bonds. The molecule has 1 atom stereocenters. The van der Waals surface area contributed by atoms with Gasteiger partial charge in [-0.05, 0) is 12.5 Å². The Kier molecular flexibility index (Phi) is 4.82. The summed E-state index contributed by atoms with van der Waals surface area (Å²) in [5.74, 6) is 0. The van der Waals surface area contributed by atoms with Crippen molar-refractivity contribution in [1.82, 2.24) is 0 Å². The van der Waals surface area contributed by atoms with Crippen molar-refractivity contribution >= 4 is 11.0 Å². The Morgan fingerprint density at radius 3 is 2.72 bits per heavy atom. The molecule has 0 saturated carbocycles. The topological polar surface area (TPSA) is 39.2 Å². The third kappa shape index (κ3) is 3.14. The van der Waals surface area contributed by atoms with Crippen molar-refractivity contribution in [2.75, 3.05) is 0 Å². The van der Waals surface area contributed by atoms with Crippen molar-refractivity contribution in [2.45, 2.75) is 51.5 Å². The Morgan fingerprint density at radius 1 is 1.11 bits per heavy atom. The third-order valence-corrected chi connectivity index (χ3v) is 3.53. The van der Waals surface area contributed by atoms with Gasteiger partial charge in [-0.15, -0.1) is 0 Å². The summed E-state index contributed by atoms with van der Waals surface area (Å²) in [5, 5.41) is 1.17. The van der Waals surface area contributed by atoms with Crippen LogP contribution in [0.4, 0.5) is 0 Å². The molecule has 98 valence electrons. The molecule has 0 aliphatic heterocycles. The van der Waals surface area contributed by atoms with Gasteiger partial charge in [0.2, 0.25) is 0 Å². The quantitative estimate of drug-likeness (QED) is 0.712. The molecule has 0 aliphatic rings. The van der Waals surface area contributed by atoms with Crippen LogP contribution in [0.15, 0.2) is 34.9 Å². The van der Waals surface area contributed by atoms with Crippen LogP contribution in [0.1, 0.15) is 57.1 Å². The summed E-state index contributed by atoms with van der Waals surface area (Å²) in [6.45, 7) is 2.24. The minimum absolute atomic E-state index is 0.107. The smallest absolute Gasteiger partial charge is 0.134 e. The maximum Gasteiger partial charge on any atom is 0.134 e. The molecule has 0 radical (unpaired) electrons. The average Bonchev–Trinajstić information content (AvgIpc) is 2.82. The first-order valence-electron chi connectivity index (χ1n) is 7.04. The second kappa shape index (κ2) is 6.60. The lowest BCUT2D eigenvalue weighted by molar-refractivity contribution is 0.546. The van der Waals surface area contributed by atoms with Gasteiger partial charge >= 0.3 is 0 Å². The van der Waals surface area contributed by atoms with Crippen LogP contribution in [0.5, 0.6) is 0 Å². The number of benzene rings is 1. The highest BCUT2D eigenvalue weighted by molar-refractivity contribution is 5.81. The number of hydrogen-bond donors (Lipinski definition) is 1. The second-order valence-electron chi connectivity index (χ2n) is 5.00. The van der Waals surface area contributed by atoms with Gasteiger partial charge in [0.1, 0.15) is 5.58 Å². The molecule has 1 unspecified atom stereocenters. The van der Waals surface area contributed by atoms with Gasteiger partial charge in [0.25, 0.3) is 0 Å². The molecule has 2 heteroatoms. The number of furan rings is 1. The Bertz CT molecular complexity index is 475. The second-order valence-corrected chi connectivity index (χ2v) is 5.00. The molecule has 0 fully saturated rings. The molecule has 0 bridgehead atoms. The summed E-state index contributed by atoms with van der Waals surface area (Å²) < 4.78 is 5.54. The van der Waals surface area contributed by atoms with Gasteiger partial charge in [0.05, 0.1) is 6.26 Å². The normalized spacial score (nSPS) is 13.0. The summed E-state index contributed by atoms with van der Waals surface area (Å²) in [7, 11) is 0. The van der Waals surface area contributed by atoms with E-state index in [0.29, 0.717) is 0 Å². The van der Waals surface area contributed by atoms with Crippen molar-refractivity contribution in [1.29, 1.82) is 0 Å². The standard InChI is InChI=1S/C16H23NO/c1-2-3-4-5-6-10-15(17)14-12-18-16-11-8-7-9-13(14)16/h7-9,11-12,15H,2-6,10,17H2,1H3. The minimum atomic E-state index is 0.107. The van der Waals surface area contributed by atoms with Crippen LogP contribution in [-0.2, 0) is 0 Å². The monoisotopic (exact) mass is 245 g/mol. The first-order chi connectivity index (χ1) is 8.83. The summed E-state index contributed by atoms with van der Waals surface area (Å²) in [6, 6.07) is 8.22. The molecule has 1 heterocycles. The zero-order valence-corrected chi connectivity index (χ0v) is 11.2. The maximum absolute atomic E-state index is 6.26. The number of nitrogens with two attached hydrogens (primary N) is 1. The molecule has 2 rings (SSSR count). The van der Waals surface area contributed by atoms with E-state index in [1.54, 1.807) is 0 Å². The van der Waals surface area contributed by atoms with E-state index in [4.69, 9.17) is 10.2 Å². The van der Waals surface area contributed by atoms with Crippen molar-refractivity contribution in [3.63, 3.8) is 0 Å². The molecule has 1 aromatic carbocycles. The van der Waals surface area contributed by atoms with Crippen LogP contribution in [0.3, 0.4) is 0 Å². The van der Waals surface area contributed by atoms with Gasteiger partial charge in [-0.2, -0.15) is 0 Å². The van der Waals surface area contributed by atoms with E-state index in [-0.39, 0.29) is 6.04 Å². The minimum Gasteiger partial charge on any atom is -0.464 e. The number of para-hydroxylation sites is 1. The molecule has 2 aromatic rings. The van der Waals surface area contributed by atoms with E-state index in [1.807, 2.05) is 24.5 Å². The number of unbranched alkanes of at least 4 members (excludes halogenated alkanes) is 4. The van der Waals surface area contributed by atoms with Crippen molar-refractivity contribution < 1.29 is 4.42 Å². The summed E-state index contributed by atoms with van der Waals surface area (Å²) in [5.41, 5.74) is 8.35.